The molecule has 1 aliphatic carbocycles. The Labute approximate surface area is 136 Å². The number of hydrogen-bond acceptors (Lipinski definition) is 5. The van der Waals surface area contributed by atoms with Crippen LogP contribution in [-0.2, 0) is 19.0 Å². The third-order valence-electron chi connectivity index (χ3n) is 3.37. The number of rotatable bonds is 1. The van der Waals surface area contributed by atoms with Gasteiger partial charge in [-0.1, -0.05) is 47.0 Å². The number of amides is 1. The molecule has 6 nitrogen and oxygen atoms in total. The molecule has 0 saturated carbocycles. The van der Waals surface area contributed by atoms with Gasteiger partial charge < -0.3 is 14.2 Å². The second-order valence-corrected chi connectivity index (χ2v) is 8.02. The van der Waals surface area contributed by atoms with Crippen molar-refractivity contribution in [2.24, 2.45) is 0 Å². The van der Waals surface area contributed by atoms with E-state index in [9.17, 15) is 4.79 Å². The molecule has 2 saturated heterocycles. The van der Waals surface area contributed by atoms with Crippen molar-refractivity contribution < 1.29 is 23.8 Å². The molecule has 21 heavy (non-hydrogen) atoms. The van der Waals surface area contributed by atoms with Gasteiger partial charge in [0.15, 0.2) is 5.79 Å². The van der Waals surface area contributed by atoms with Crippen molar-refractivity contribution in [1.82, 2.24) is 5.06 Å². The van der Waals surface area contributed by atoms with E-state index in [0.29, 0.717) is 0 Å². The highest BCUT2D eigenvalue weighted by Gasteiger charge is 2.57. The fourth-order valence-corrected chi connectivity index (χ4v) is 2.82. The Bertz CT molecular complexity index is 478. The Kier molecular flexibility index (Phi) is 3.83. The summed E-state index contributed by atoms with van der Waals surface area (Å²) in [6.45, 7) is 3.26. The predicted octanol–water partition coefficient (Wildman–Crippen LogP) is 2.57. The highest BCUT2D eigenvalue weighted by Crippen LogP contribution is 2.41. The number of alkyl halides is 3. The van der Waals surface area contributed by atoms with Crippen molar-refractivity contribution in [3.05, 3.63) is 12.2 Å². The van der Waals surface area contributed by atoms with Gasteiger partial charge in [-0.15, -0.1) is 0 Å². The maximum atomic E-state index is 12.1. The summed E-state index contributed by atoms with van der Waals surface area (Å²) in [7, 11) is 0. The first-order valence-corrected chi connectivity index (χ1v) is 7.53. The van der Waals surface area contributed by atoms with E-state index in [0.717, 1.165) is 5.06 Å². The Morgan fingerprint density at radius 3 is 2.62 bits per heavy atom. The minimum atomic E-state index is -1.67. The second-order valence-electron chi connectivity index (χ2n) is 5.51. The molecule has 3 aliphatic heterocycles. The lowest BCUT2D eigenvalue weighted by atomic mass is 9.92. The number of carbonyl (C=O) groups excluding carboxylic acids is 1. The lowest BCUT2D eigenvalue weighted by Gasteiger charge is -2.44. The summed E-state index contributed by atoms with van der Waals surface area (Å²) >= 11 is 16.7. The molecule has 4 aliphatic rings. The summed E-state index contributed by atoms with van der Waals surface area (Å²) in [6.07, 6.45) is 1.96. The van der Waals surface area contributed by atoms with Crippen LogP contribution in [0.15, 0.2) is 12.2 Å². The fraction of sp³-hybridized carbons (Fsp3) is 0.750. The van der Waals surface area contributed by atoms with Gasteiger partial charge in [0, 0.05) is 0 Å². The van der Waals surface area contributed by atoms with Gasteiger partial charge in [0.05, 0.1) is 0 Å². The van der Waals surface area contributed by atoms with E-state index in [2.05, 4.69) is 0 Å². The maximum Gasteiger partial charge on any atom is 0.434 e. The van der Waals surface area contributed by atoms with Gasteiger partial charge in [0.25, 0.3) is 0 Å². The number of carbonyl (C=O) groups is 1. The lowest BCUT2D eigenvalue weighted by Crippen LogP contribution is -2.62. The van der Waals surface area contributed by atoms with Crippen LogP contribution in [0.4, 0.5) is 4.79 Å². The molecule has 118 valence electrons. The standard InChI is InChI=1S/C12H14Cl3NO5/c1-11(2)19-8-6-3-4-7(9(8)20-11)21-16(6)10(17)18-5-12(13,14)15/h3-4,6-9H,5H2,1-2H3/t6-,7+,8+,9-/m1/s1. The SMILES string of the molecule is CC1(C)O[C@@H]2[C@H](O1)[C@@H]1C=C[C@H]2N(C(=O)OCC(Cl)(Cl)Cl)O1. The van der Waals surface area contributed by atoms with Gasteiger partial charge >= 0.3 is 6.09 Å². The van der Waals surface area contributed by atoms with Crippen molar-refractivity contribution in [3.8, 4) is 0 Å². The number of halogens is 3. The van der Waals surface area contributed by atoms with E-state index in [1.807, 2.05) is 26.0 Å². The van der Waals surface area contributed by atoms with Crippen LogP contribution in [0, 0.1) is 0 Å². The molecule has 4 atom stereocenters. The van der Waals surface area contributed by atoms with Crippen molar-refractivity contribution in [2.45, 2.75) is 47.8 Å². The smallest absolute Gasteiger partial charge is 0.434 e. The number of nitrogens with zero attached hydrogens (tertiary/aromatic N) is 1. The van der Waals surface area contributed by atoms with Crippen LogP contribution in [0.5, 0.6) is 0 Å². The van der Waals surface area contributed by atoms with E-state index in [1.54, 1.807) is 0 Å². The third kappa shape index (κ3) is 3.11. The Balaban J connectivity index is 1.70. The Hall–Kier alpha value is -0.240. The molecule has 1 amide bonds. The van der Waals surface area contributed by atoms with Crippen molar-refractivity contribution in [3.63, 3.8) is 0 Å². The number of hydroxylamine groups is 2. The van der Waals surface area contributed by atoms with E-state index in [-0.39, 0.29) is 18.8 Å². The molecule has 2 fully saturated rings. The quantitative estimate of drug-likeness (QED) is 0.533. The first-order valence-electron chi connectivity index (χ1n) is 6.40. The molecule has 0 aromatic rings. The number of hydrogen-bond donors (Lipinski definition) is 0. The van der Waals surface area contributed by atoms with Gasteiger partial charge in [-0.2, -0.15) is 5.06 Å². The topological polar surface area (TPSA) is 57.2 Å². The van der Waals surface area contributed by atoms with Crippen LogP contribution in [0.1, 0.15) is 13.8 Å². The molecule has 0 radical (unpaired) electrons. The summed E-state index contributed by atoms with van der Waals surface area (Å²) in [6, 6.07) is -0.440. The first-order chi connectivity index (χ1) is 9.66. The molecule has 0 aromatic heterocycles. The molecule has 3 heterocycles. The average Bonchev–Trinajstić information content (AvgIpc) is 2.72. The molecule has 0 N–H and O–H groups in total. The molecule has 2 bridgehead atoms. The molecular formula is C12H14Cl3NO5. The van der Waals surface area contributed by atoms with Gasteiger partial charge in [-0.25, -0.2) is 4.79 Å². The molecule has 0 unspecified atom stereocenters. The normalized spacial score (nSPS) is 36.7. The van der Waals surface area contributed by atoms with Crippen LogP contribution in [0.2, 0.25) is 0 Å². The van der Waals surface area contributed by atoms with Crippen LogP contribution in [0.3, 0.4) is 0 Å². The predicted molar refractivity (Wildman–Crippen MR) is 75.1 cm³/mol. The summed E-state index contributed by atoms with van der Waals surface area (Å²) in [5.41, 5.74) is 0. The van der Waals surface area contributed by atoms with E-state index < -0.39 is 27.8 Å². The molecule has 0 spiro atoms. The Morgan fingerprint density at radius 2 is 1.95 bits per heavy atom. The molecule has 4 rings (SSSR count). The van der Waals surface area contributed by atoms with E-state index in [1.165, 1.54) is 0 Å². The third-order valence-corrected chi connectivity index (χ3v) is 3.69. The van der Waals surface area contributed by atoms with Crippen LogP contribution in [0.25, 0.3) is 0 Å². The monoisotopic (exact) mass is 357 g/mol. The van der Waals surface area contributed by atoms with Gasteiger partial charge in [0.2, 0.25) is 3.79 Å². The van der Waals surface area contributed by atoms with Gasteiger partial charge in [-0.3, -0.25) is 4.84 Å². The lowest BCUT2D eigenvalue weighted by molar-refractivity contribution is -0.250. The van der Waals surface area contributed by atoms with E-state index in [4.69, 9.17) is 53.9 Å². The highest BCUT2D eigenvalue weighted by atomic mass is 35.6. The van der Waals surface area contributed by atoms with Crippen LogP contribution < -0.4 is 0 Å². The summed E-state index contributed by atoms with van der Waals surface area (Å²) in [4.78, 5) is 17.6. The average molecular weight is 359 g/mol. The first kappa shape index (κ1) is 15.6. The fourth-order valence-electron chi connectivity index (χ4n) is 2.66. The zero-order valence-corrected chi connectivity index (χ0v) is 13.6. The van der Waals surface area contributed by atoms with Crippen molar-refractivity contribution in [1.29, 1.82) is 0 Å². The van der Waals surface area contributed by atoms with Gasteiger partial charge in [0.1, 0.15) is 31.0 Å². The minimum absolute atomic E-state index is 0.257. The molecular weight excluding hydrogens is 344 g/mol. The molecule has 9 heteroatoms. The summed E-state index contributed by atoms with van der Waals surface area (Å²) in [5, 5.41) is 1.10. The number of ether oxygens (including phenoxy) is 3. The highest BCUT2D eigenvalue weighted by molar-refractivity contribution is 6.67. The summed E-state index contributed by atoms with van der Waals surface area (Å²) in [5.74, 6) is -0.724. The largest absolute Gasteiger partial charge is 0.443 e. The zero-order valence-electron chi connectivity index (χ0n) is 11.3. The summed E-state index contributed by atoms with van der Waals surface area (Å²) < 4.78 is 14.9. The van der Waals surface area contributed by atoms with Crippen molar-refractivity contribution >= 4 is 40.9 Å². The number of fused-ring (bicyclic) bond motifs is 1. The molecule has 0 aromatic carbocycles. The van der Waals surface area contributed by atoms with Gasteiger partial charge in [-0.05, 0) is 13.8 Å². The zero-order chi connectivity index (χ0) is 15.4. The second kappa shape index (κ2) is 5.15. The van der Waals surface area contributed by atoms with Crippen LogP contribution >= 0.6 is 34.8 Å². The van der Waals surface area contributed by atoms with Crippen molar-refractivity contribution in [2.75, 3.05) is 6.61 Å². The minimum Gasteiger partial charge on any atom is -0.443 e. The van der Waals surface area contributed by atoms with E-state index >= 15 is 0 Å². The Morgan fingerprint density at radius 1 is 1.29 bits per heavy atom. The maximum absolute atomic E-state index is 12.1. The van der Waals surface area contributed by atoms with Crippen LogP contribution in [-0.4, -0.2) is 51.7 Å².